The fraction of sp³-hybridized carbons (Fsp3) is 0.559. The number of cyclic esters (lactones) is 1. The lowest BCUT2D eigenvalue weighted by Gasteiger charge is -2.47. The Morgan fingerprint density at radius 3 is 2.17 bits per heavy atom. The SMILES string of the molecule is COc1cc([C@@H]2c3cc4c(cc3[C@@H](O[C@@H]3OC5CO[C@@H](C)OC5[C@H](O)[C@H]3O)C3COC(=O)C32)OCO4)ccc1OC(=O)N(C)CCN(C)C(=O)OCc1ccc(NC(=O)[C@H](CCCNC(N)=O)NC(=O)[C@@H](NC(=O)CCC(=O)C(C)C)C(C)C)cc1. The molecule has 4 heterocycles. The van der Waals surface area contributed by atoms with Crippen LogP contribution >= 0.6 is 0 Å². The van der Waals surface area contributed by atoms with E-state index in [4.69, 9.17) is 53.1 Å². The Bertz CT molecular complexity index is 2960. The first-order chi connectivity index (χ1) is 41.0. The lowest BCUT2D eigenvalue weighted by Crippen LogP contribution is -2.63. The van der Waals surface area contributed by atoms with Crippen LogP contribution in [0.2, 0.25) is 0 Å². The lowest BCUT2D eigenvalue weighted by atomic mass is 9.66. The molecule has 27 nitrogen and oxygen atoms in total. The van der Waals surface area contributed by atoms with Crippen molar-refractivity contribution < 1.29 is 95.9 Å². The number of anilines is 1. The van der Waals surface area contributed by atoms with Crippen molar-refractivity contribution in [3.05, 3.63) is 76.9 Å². The number of ether oxygens (including phenoxy) is 10. The maximum atomic E-state index is 13.8. The minimum absolute atomic E-state index is 0.0260. The van der Waals surface area contributed by atoms with Crippen molar-refractivity contribution in [2.75, 3.05) is 66.2 Å². The van der Waals surface area contributed by atoms with Crippen molar-refractivity contribution in [3.8, 4) is 23.0 Å². The van der Waals surface area contributed by atoms with Gasteiger partial charge < -0.3 is 94.4 Å². The predicted molar refractivity (Wildman–Crippen MR) is 301 cm³/mol. The highest BCUT2D eigenvalue weighted by Gasteiger charge is 2.56. The Morgan fingerprint density at radius 1 is 0.802 bits per heavy atom. The van der Waals surface area contributed by atoms with Crippen LogP contribution in [0.3, 0.4) is 0 Å². The van der Waals surface area contributed by atoms with Gasteiger partial charge >= 0.3 is 24.2 Å². The number of hydrogen-bond donors (Lipinski definition) is 7. The molecular weight excluding hydrogens is 1130 g/mol. The molecule has 8 N–H and O–H groups in total. The average molecular weight is 1200 g/mol. The second kappa shape index (κ2) is 28.6. The number of nitrogens with one attached hydrogen (secondary N) is 4. The summed E-state index contributed by atoms with van der Waals surface area (Å²) in [5, 5.41) is 33.0. The Hall–Kier alpha value is -7.82. The van der Waals surface area contributed by atoms with E-state index in [9.17, 15) is 48.6 Å². The molecule has 5 aliphatic rings. The molecule has 0 radical (unpaired) electrons. The number of nitrogens with two attached hydrogens (primary N) is 1. The van der Waals surface area contributed by atoms with E-state index in [2.05, 4.69) is 21.3 Å². The van der Waals surface area contributed by atoms with Crippen LogP contribution in [-0.2, 0) is 59.0 Å². The molecule has 3 saturated heterocycles. The number of methoxy groups -OCH3 is 1. The number of nitrogens with zero attached hydrogens (tertiary/aromatic N) is 2. The molecule has 3 aromatic carbocycles. The summed E-state index contributed by atoms with van der Waals surface area (Å²) in [4.78, 5) is 106. The highest BCUT2D eigenvalue weighted by atomic mass is 16.8. The number of likely N-dealkylation sites (N-methyl/N-ethyl adjacent to an activating group) is 2. The van der Waals surface area contributed by atoms with Gasteiger partial charge in [-0.05, 0) is 84.3 Å². The highest BCUT2D eigenvalue weighted by Crippen LogP contribution is 2.56. The van der Waals surface area contributed by atoms with Gasteiger partial charge in [0, 0.05) is 70.0 Å². The van der Waals surface area contributed by atoms with Crippen molar-refractivity contribution >= 4 is 53.4 Å². The Kier molecular flexibility index (Phi) is 21.3. The number of amides is 7. The number of aliphatic hydroxyl groups excluding tert-OH is 2. The first kappa shape index (κ1) is 64.2. The van der Waals surface area contributed by atoms with Gasteiger partial charge in [0.2, 0.25) is 24.5 Å². The van der Waals surface area contributed by atoms with Crippen LogP contribution in [0.15, 0.2) is 54.6 Å². The number of carbonyl (C=O) groups excluding carboxylic acids is 8. The molecule has 0 spiro atoms. The number of primary amides is 1. The Morgan fingerprint density at radius 2 is 1.50 bits per heavy atom. The van der Waals surface area contributed by atoms with Crippen LogP contribution in [0.1, 0.15) is 94.6 Å². The van der Waals surface area contributed by atoms with Crippen molar-refractivity contribution in [1.29, 1.82) is 0 Å². The molecule has 3 aromatic rings. The second-order valence-electron chi connectivity index (χ2n) is 22.5. The molecule has 1 aliphatic carbocycles. The fourth-order valence-electron chi connectivity index (χ4n) is 10.8. The third-order valence-electron chi connectivity index (χ3n) is 15.7. The number of hydrogen-bond acceptors (Lipinski definition) is 20. The number of urea groups is 1. The van der Waals surface area contributed by atoms with E-state index in [1.165, 1.54) is 31.0 Å². The summed E-state index contributed by atoms with van der Waals surface area (Å²) in [6.07, 6.45) is -8.49. The van der Waals surface area contributed by atoms with Crippen LogP contribution in [0.4, 0.5) is 20.1 Å². The minimum Gasteiger partial charge on any atom is -0.493 e. The topological polar surface area (TPSA) is 350 Å². The van der Waals surface area contributed by atoms with Crippen molar-refractivity contribution in [2.45, 2.75) is 128 Å². The molecule has 12 atom stereocenters. The van der Waals surface area contributed by atoms with Crippen molar-refractivity contribution in [3.63, 3.8) is 0 Å². The highest BCUT2D eigenvalue weighted by molar-refractivity contribution is 5.98. The van der Waals surface area contributed by atoms with E-state index in [0.717, 1.165) is 0 Å². The van der Waals surface area contributed by atoms with Crippen LogP contribution in [0.5, 0.6) is 23.0 Å². The van der Waals surface area contributed by atoms with Crippen LogP contribution in [0.25, 0.3) is 0 Å². The van der Waals surface area contributed by atoms with E-state index in [1.54, 1.807) is 89.2 Å². The smallest absolute Gasteiger partial charge is 0.415 e. The standard InChI is InChI=1S/C59H77N7O20/c1-29(2)39(67)16-18-45(68)64-48(30(3)4)54(72)63-38(10-9-19-61-57(60)74)53(71)62-34-14-11-32(12-15-34)25-80-58(75)65(6)20-21-66(7)59(76)85-40-17-13-33(22-41(40)77-8)46-35-23-42-43(82-28-81-42)24-36(35)51(37-26-79-55(73)47(37)46)86-56-50(70)49(69)52-44(84-56)27-78-31(5)83-52/h11-15,17,22-24,29-31,37-38,44,46-52,56,69-70H,9-10,16,18-21,25-28H2,1-8H3,(H,62,71)(H,63,72)(H,64,68)(H3,60,61,74)/t31-,37?,38+,44?,46-,47?,48+,49-,50-,51-,52?,56+/m1/s1. The van der Waals surface area contributed by atoms with E-state index in [0.29, 0.717) is 39.4 Å². The number of fused-ring (bicyclic) bond motifs is 4. The van der Waals surface area contributed by atoms with Crippen molar-refractivity contribution in [1.82, 2.24) is 25.8 Å². The number of aliphatic hydroxyl groups is 2. The van der Waals surface area contributed by atoms with Gasteiger partial charge in [-0.1, -0.05) is 45.9 Å². The van der Waals surface area contributed by atoms with Crippen LogP contribution in [0, 0.1) is 23.7 Å². The molecule has 7 amide bonds. The van der Waals surface area contributed by atoms with Gasteiger partial charge in [0.25, 0.3) is 0 Å². The molecule has 4 aliphatic heterocycles. The first-order valence-electron chi connectivity index (χ1n) is 28.6. The monoisotopic (exact) mass is 1200 g/mol. The lowest BCUT2D eigenvalue weighted by molar-refractivity contribution is -0.364. The Labute approximate surface area is 497 Å². The zero-order chi connectivity index (χ0) is 62.1. The molecule has 0 bridgehead atoms. The Balaban J connectivity index is 0.846. The molecule has 0 saturated carbocycles. The van der Waals surface area contributed by atoms with Gasteiger partial charge in [0.1, 0.15) is 48.9 Å². The van der Waals surface area contributed by atoms with Gasteiger partial charge in [-0.2, -0.15) is 0 Å². The quantitative estimate of drug-likeness (QED) is 0.0499. The van der Waals surface area contributed by atoms with Gasteiger partial charge in [-0.15, -0.1) is 0 Å². The van der Waals surface area contributed by atoms with Crippen LogP contribution in [-0.4, -0.2) is 178 Å². The van der Waals surface area contributed by atoms with Gasteiger partial charge in [-0.25, -0.2) is 14.4 Å². The summed E-state index contributed by atoms with van der Waals surface area (Å²) >= 11 is 0. The maximum absolute atomic E-state index is 13.8. The van der Waals surface area contributed by atoms with Crippen LogP contribution < -0.4 is 45.9 Å². The van der Waals surface area contributed by atoms with E-state index in [1.807, 2.05) is 0 Å². The summed E-state index contributed by atoms with van der Waals surface area (Å²) < 4.78 is 58.4. The van der Waals surface area contributed by atoms with Gasteiger partial charge in [0.05, 0.1) is 32.3 Å². The molecule has 3 fully saturated rings. The molecule has 8 rings (SSSR count). The van der Waals surface area contributed by atoms with E-state index < -0.39 is 115 Å². The molecular formula is C59H77N7O20. The second-order valence-corrected chi connectivity index (χ2v) is 22.5. The predicted octanol–water partition coefficient (Wildman–Crippen LogP) is 3.34. The summed E-state index contributed by atoms with van der Waals surface area (Å²) in [7, 11) is 4.39. The number of ketones is 1. The zero-order valence-electron chi connectivity index (χ0n) is 49.3. The number of carbonyl (C=O) groups is 8. The van der Waals surface area contributed by atoms with E-state index >= 15 is 0 Å². The molecule has 0 aromatic heterocycles. The third kappa shape index (κ3) is 15.4. The number of esters is 1. The van der Waals surface area contributed by atoms with Crippen molar-refractivity contribution in [2.24, 2.45) is 29.4 Å². The largest absolute Gasteiger partial charge is 0.493 e. The summed E-state index contributed by atoms with van der Waals surface area (Å²) in [6, 6.07) is 12.0. The molecule has 86 heavy (non-hydrogen) atoms. The fourth-order valence-corrected chi connectivity index (χ4v) is 10.8. The molecule has 468 valence electrons. The molecule has 27 heteroatoms. The van der Waals surface area contributed by atoms with E-state index in [-0.39, 0.29) is 101 Å². The molecule has 4 unspecified atom stereocenters. The zero-order valence-corrected chi connectivity index (χ0v) is 49.3. The van der Waals surface area contributed by atoms with Gasteiger partial charge in [0.15, 0.2) is 35.6 Å². The summed E-state index contributed by atoms with van der Waals surface area (Å²) in [6.45, 7) is 8.71. The summed E-state index contributed by atoms with van der Waals surface area (Å²) in [5.74, 6) is -3.84. The summed E-state index contributed by atoms with van der Waals surface area (Å²) in [5.41, 5.74) is 7.98. The number of benzene rings is 3. The maximum Gasteiger partial charge on any atom is 0.415 e. The normalized spacial score (nSPS) is 24.2. The van der Waals surface area contributed by atoms with Gasteiger partial charge in [-0.3, -0.25) is 24.0 Å². The number of Topliss-reactive ketones (excluding diaryl/α,β-unsaturated/α-hetero) is 1. The minimum atomic E-state index is -1.51. The third-order valence-corrected chi connectivity index (χ3v) is 15.7. The number of rotatable bonds is 24. The first-order valence-corrected chi connectivity index (χ1v) is 28.6. The average Bonchev–Trinajstić information content (AvgIpc) is 1.41.